The van der Waals surface area contributed by atoms with Crippen LogP contribution in [0.15, 0.2) is 48.8 Å². The summed E-state index contributed by atoms with van der Waals surface area (Å²) in [5.74, 6) is 0. The summed E-state index contributed by atoms with van der Waals surface area (Å²) in [5, 5.41) is -0.0154. The number of rotatable bonds is 5. The molecular weight excluding hydrogens is 349 g/mol. The molecule has 3 aromatic rings. The van der Waals surface area contributed by atoms with Crippen LogP contribution in [0.5, 0.6) is 0 Å². The summed E-state index contributed by atoms with van der Waals surface area (Å²) in [4.78, 5) is 33.2. The predicted molar refractivity (Wildman–Crippen MR) is 101 cm³/mol. The zero-order chi connectivity index (χ0) is 18.7. The summed E-state index contributed by atoms with van der Waals surface area (Å²) in [7, 11) is -4.49. The Bertz CT molecular complexity index is 971. The van der Waals surface area contributed by atoms with E-state index in [1.54, 1.807) is 24.5 Å². The second-order valence-corrected chi connectivity index (χ2v) is 7.40. The molecule has 134 valence electrons. The minimum absolute atomic E-state index is 0.0154. The first-order valence-corrected chi connectivity index (χ1v) is 10.0. The monoisotopic (exact) mass is 369 g/mol. The SMILES string of the molecule is CCc1cccnc1-c1nc(-c2ccccn2)cc(P(=O)(O)O)c1CC. The van der Waals surface area contributed by atoms with Gasteiger partial charge in [0.15, 0.2) is 0 Å². The molecule has 0 aliphatic rings. The zero-order valence-corrected chi connectivity index (χ0v) is 15.5. The second kappa shape index (κ2) is 7.46. The Balaban J connectivity index is 2.37. The van der Waals surface area contributed by atoms with Crippen molar-refractivity contribution < 1.29 is 14.4 Å². The van der Waals surface area contributed by atoms with Gasteiger partial charge in [-0.15, -0.1) is 0 Å². The van der Waals surface area contributed by atoms with Crippen LogP contribution in [0.3, 0.4) is 0 Å². The molecule has 3 heterocycles. The van der Waals surface area contributed by atoms with Crippen LogP contribution in [-0.4, -0.2) is 24.7 Å². The van der Waals surface area contributed by atoms with Crippen molar-refractivity contribution in [1.82, 2.24) is 15.0 Å². The van der Waals surface area contributed by atoms with E-state index in [4.69, 9.17) is 4.98 Å². The number of hydrogen-bond acceptors (Lipinski definition) is 4. The molecule has 0 fully saturated rings. The van der Waals surface area contributed by atoms with Gasteiger partial charge < -0.3 is 9.79 Å². The molecule has 0 aliphatic carbocycles. The van der Waals surface area contributed by atoms with Crippen molar-refractivity contribution in [2.24, 2.45) is 0 Å². The summed E-state index contributed by atoms with van der Waals surface area (Å²) in [6, 6.07) is 10.6. The largest absolute Gasteiger partial charge is 0.356 e. The minimum Gasteiger partial charge on any atom is -0.321 e. The maximum Gasteiger partial charge on any atom is 0.356 e. The van der Waals surface area contributed by atoms with E-state index in [0.717, 1.165) is 12.0 Å². The first kappa shape index (κ1) is 18.4. The van der Waals surface area contributed by atoms with Crippen LogP contribution in [0.4, 0.5) is 0 Å². The van der Waals surface area contributed by atoms with E-state index in [2.05, 4.69) is 9.97 Å². The van der Waals surface area contributed by atoms with Crippen LogP contribution in [0, 0.1) is 0 Å². The van der Waals surface area contributed by atoms with Gasteiger partial charge in [-0.05, 0) is 48.2 Å². The van der Waals surface area contributed by atoms with Gasteiger partial charge in [-0.1, -0.05) is 26.0 Å². The van der Waals surface area contributed by atoms with Gasteiger partial charge in [0.1, 0.15) is 0 Å². The maximum absolute atomic E-state index is 12.2. The predicted octanol–water partition coefficient (Wildman–Crippen LogP) is 3.13. The third-order valence-electron chi connectivity index (χ3n) is 4.19. The molecule has 3 aromatic heterocycles. The molecule has 0 saturated heterocycles. The Labute approximate surface area is 152 Å². The van der Waals surface area contributed by atoms with Crippen LogP contribution >= 0.6 is 7.60 Å². The molecule has 0 amide bonds. The smallest absolute Gasteiger partial charge is 0.321 e. The molecule has 2 N–H and O–H groups in total. The lowest BCUT2D eigenvalue weighted by Gasteiger charge is -2.17. The lowest BCUT2D eigenvalue weighted by molar-refractivity contribution is 0.387. The van der Waals surface area contributed by atoms with Crippen LogP contribution in [0.25, 0.3) is 22.8 Å². The number of aromatic nitrogens is 3. The van der Waals surface area contributed by atoms with Crippen LogP contribution in [0.2, 0.25) is 0 Å². The Morgan fingerprint density at radius 1 is 0.923 bits per heavy atom. The average Bonchev–Trinajstić information content (AvgIpc) is 2.66. The summed E-state index contributed by atoms with van der Waals surface area (Å²) < 4.78 is 12.2. The van der Waals surface area contributed by atoms with Gasteiger partial charge >= 0.3 is 7.60 Å². The quantitative estimate of drug-likeness (QED) is 0.671. The molecule has 0 saturated carbocycles. The summed E-state index contributed by atoms with van der Waals surface area (Å²) in [6.45, 7) is 3.87. The fourth-order valence-corrected chi connectivity index (χ4v) is 3.85. The third kappa shape index (κ3) is 3.58. The normalized spacial score (nSPS) is 11.5. The van der Waals surface area contributed by atoms with E-state index in [1.807, 2.05) is 32.0 Å². The van der Waals surface area contributed by atoms with Crippen molar-refractivity contribution in [1.29, 1.82) is 0 Å². The zero-order valence-electron chi connectivity index (χ0n) is 14.6. The second-order valence-electron chi connectivity index (χ2n) is 5.83. The molecule has 6 nitrogen and oxygen atoms in total. The van der Waals surface area contributed by atoms with Crippen molar-refractivity contribution in [3.8, 4) is 22.8 Å². The van der Waals surface area contributed by atoms with E-state index >= 15 is 0 Å². The number of nitrogens with zero attached hydrogens (tertiary/aromatic N) is 3. The Morgan fingerprint density at radius 2 is 1.69 bits per heavy atom. The summed E-state index contributed by atoms with van der Waals surface area (Å²) in [5.41, 5.74) is 3.63. The molecule has 0 unspecified atom stereocenters. The van der Waals surface area contributed by atoms with Gasteiger partial charge in [0.2, 0.25) is 0 Å². The van der Waals surface area contributed by atoms with E-state index in [-0.39, 0.29) is 5.30 Å². The van der Waals surface area contributed by atoms with Gasteiger partial charge in [0.05, 0.1) is 28.1 Å². The molecule has 0 atom stereocenters. The fraction of sp³-hybridized carbons (Fsp3) is 0.211. The molecule has 3 rings (SSSR count). The van der Waals surface area contributed by atoms with E-state index < -0.39 is 7.60 Å². The number of hydrogen-bond donors (Lipinski definition) is 2. The van der Waals surface area contributed by atoms with Crippen LogP contribution in [0.1, 0.15) is 25.0 Å². The van der Waals surface area contributed by atoms with E-state index in [9.17, 15) is 14.4 Å². The molecule has 0 aromatic carbocycles. The minimum atomic E-state index is -4.49. The van der Waals surface area contributed by atoms with Gasteiger partial charge in [0, 0.05) is 12.4 Å². The molecule has 7 heteroatoms. The number of pyridine rings is 3. The number of aryl methyl sites for hydroxylation is 1. The summed E-state index contributed by atoms with van der Waals surface area (Å²) in [6.07, 6.45) is 4.47. The Morgan fingerprint density at radius 3 is 2.31 bits per heavy atom. The molecule has 0 bridgehead atoms. The van der Waals surface area contributed by atoms with Crippen molar-refractivity contribution in [3.63, 3.8) is 0 Å². The highest BCUT2D eigenvalue weighted by Crippen LogP contribution is 2.39. The highest BCUT2D eigenvalue weighted by Gasteiger charge is 2.27. The van der Waals surface area contributed by atoms with E-state index in [1.165, 1.54) is 6.07 Å². The van der Waals surface area contributed by atoms with Gasteiger partial charge in [-0.25, -0.2) is 4.98 Å². The molecule has 26 heavy (non-hydrogen) atoms. The molecule has 0 radical (unpaired) electrons. The van der Waals surface area contributed by atoms with Gasteiger partial charge in [0.25, 0.3) is 0 Å². The summed E-state index contributed by atoms with van der Waals surface area (Å²) >= 11 is 0. The van der Waals surface area contributed by atoms with Crippen molar-refractivity contribution in [2.75, 3.05) is 0 Å². The first-order valence-electron chi connectivity index (χ1n) is 8.41. The lowest BCUT2D eigenvalue weighted by atomic mass is 10.0. The molecule has 0 spiro atoms. The topological polar surface area (TPSA) is 96.2 Å². The van der Waals surface area contributed by atoms with Gasteiger partial charge in [-0.3, -0.25) is 14.5 Å². The van der Waals surface area contributed by atoms with Crippen LogP contribution in [-0.2, 0) is 17.4 Å². The Hall–Kier alpha value is -2.40. The third-order valence-corrected chi connectivity index (χ3v) is 5.22. The maximum atomic E-state index is 12.2. The van der Waals surface area contributed by atoms with Gasteiger partial charge in [-0.2, -0.15) is 0 Å². The average molecular weight is 369 g/mol. The van der Waals surface area contributed by atoms with Crippen molar-refractivity contribution in [3.05, 3.63) is 59.9 Å². The van der Waals surface area contributed by atoms with Crippen molar-refractivity contribution >= 4 is 12.9 Å². The molecular formula is C19H20N3O3P. The highest BCUT2D eigenvalue weighted by atomic mass is 31.2. The van der Waals surface area contributed by atoms with Crippen LogP contribution < -0.4 is 5.30 Å². The fourth-order valence-electron chi connectivity index (χ4n) is 2.95. The van der Waals surface area contributed by atoms with Crippen molar-refractivity contribution in [2.45, 2.75) is 26.7 Å². The first-order chi connectivity index (χ1) is 12.5. The Kier molecular flexibility index (Phi) is 5.28. The van der Waals surface area contributed by atoms with E-state index in [0.29, 0.717) is 34.8 Å². The highest BCUT2D eigenvalue weighted by molar-refractivity contribution is 7.60. The molecule has 0 aliphatic heterocycles. The lowest BCUT2D eigenvalue weighted by Crippen LogP contribution is -2.15. The standard InChI is InChI=1S/C19H20N3O3P/c1-3-13-8-7-11-21-18(13)19-14(4-2)17(26(23,24)25)12-16(22-19)15-9-5-6-10-20-15/h5-12H,3-4H2,1-2H3,(H2,23,24,25).